The number of aryl methyl sites for hydroxylation is 1. The molecule has 2 amide bonds. The number of ether oxygens (including phenoxy) is 1. The summed E-state index contributed by atoms with van der Waals surface area (Å²) in [5.74, 6) is -0.226. The zero-order valence-electron chi connectivity index (χ0n) is 14.1. The van der Waals surface area contributed by atoms with Crippen LogP contribution in [-0.4, -0.2) is 36.7 Å². The molecule has 7 heteroatoms. The summed E-state index contributed by atoms with van der Waals surface area (Å²) in [5, 5.41) is 5.29. The third-order valence-electron chi connectivity index (χ3n) is 3.41. The van der Waals surface area contributed by atoms with Crippen LogP contribution >= 0.6 is 15.9 Å². The lowest BCUT2D eigenvalue weighted by Crippen LogP contribution is -2.35. The SMILES string of the molecule is CCOC(=O)NCCNC(=O)c1ccc(-c2cccc(Br)c2)nc1C. The second-order valence-electron chi connectivity index (χ2n) is 5.24. The van der Waals surface area contributed by atoms with E-state index in [2.05, 4.69) is 31.5 Å². The zero-order chi connectivity index (χ0) is 18.2. The largest absolute Gasteiger partial charge is 0.450 e. The first-order chi connectivity index (χ1) is 12.0. The molecule has 2 aromatic rings. The fourth-order valence-electron chi connectivity index (χ4n) is 2.23. The van der Waals surface area contributed by atoms with Crippen molar-refractivity contribution in [2.45, 2.75) is 13.8 Å². The highest BCUT2D eigenvalue weighted by molar-refractivity contribution is 9.10. The second kappa shape index (κ2) is 9.17. The minimum Gasteiger partial charge on any atom is -0.450 e. The Balaban J connectivity index is 1.96. The van der Waals surface area contributed by atoms with Crippen LogP contribution in [0.1, 0.15) is 23.0 Å². The maximum atomic E-state index is 12.2. The van der Waals surface area contributed by atoms with Crippen LogP contribution < -0.4 is 10.6 Å². The molecule has 0 unspecified atom stereocenters. The molecule has 25 heavy (non-hydrogen) atoms. The maximum Gasteiger partial charge on any atom is 0.407 e. The number of aromatic nitrogens is 1. The Bertz CT molecular complexity index is 765. The van der Waals surface area contributed by atoms with Gasteiger partial charge in [0.2, 0.25) is 0 Å². The smallest absolute Gasteiger partial charge is 0.407 e. The van der Waals surface area contributed by atoms with Crippen molar-refractivity contribution in [2.75, 3.05) is 19.7 Å². The lowest BCUT2D eigenvalue weighted by Gasteiger charge is -2.10. The summed E-state index contributed by atoms with van der Waals surface area (Å²) in [7, 11) is 0. The lowest BCUT2D eigenvalue weighted by atomic mass is 10.1. The van der Waals surface area contributed by atoms with Crippen molar-refractivity contribution >= 4 is 27.9 Å². The Kier molecular flexibility index (Phi) is 6.94. The van der Waals surface area contributed by atoms with E-state index in [-0.39, 0.29) is 5.91 Å². The number of benzene rings is 1. The van der Waals surface area contributed by atoms with Crippen molar-refractivity contribution in [3.05, 3.63) is 52.1 Å². The van der Waals surface area contributed by atoms with Crippen LogP contribution in [0.15, 0.2) is 40.9 Å². The van der Waals surface area contributed by atoms with Crippen molar-refractivity contribution in [1.82, 2.24) is 15.6 Å². The van der Waals surface area contributed by atoms with E-state index >= 15 is 0 Å². The van der Waals surface area contributed by atoms with Gasteiger partial charge in [0.15, 0.2) is 0 Å². The monoisotopic (exact) mass is 405 g/mol. The van der Waals surface area contributed by atoms with Gasteiger partial charge in [-0.1, -0.05) is 28.1 Å². The highest BCUT2D eigenvalue weighted by Gasteiger charge is 2.11. The number of nitrogens with zero attached hydrogens (tertiary/aromatic N) is 1. The quantitative estimate of drug-likeness (QED) is 0.722. The second-order valence-corrected chi connectivity index (χ2v) is 6.16. The summed E-state index contributed by atoms with van der Waals surface area (Å²) in [6.45, 7) is 4.45. The van der Waals surface area contributed by atoms with Crippen molar-refractivity contribution in [2.24, 2.45) is 0 Å². The predicted molar refractivity (Wildman–Crippen MR) is 99.5 cm³/mol. The first kappa shape index (κ1) is 18.9. The summed E-state index contributed by atoms with van der Waals surface area (Å²) < 4.78 is 5.71. The lowest BCUT2D eigenvalue weighted by molar-refractivity contribution is 0.0951. The standard InChI is InChI=1S/C18H20BrN3O3/c1-3-25-18(24)21-10-9-20-17(23)15-7-8-16(22-12(15)2)13-5-4-6-14(19)11-13/h4-8,11H,3,9-10H2,1-2H3,(H,20,23)(H,21,24). The van der Waals surface area contributed by atoms with Crippen molar-refractivity contribution in [3.8, 4) is 11.3 Å². The number of rotatable bonds is 6. The molecular formula is C18H20BrN3O3. The number of carbonyl (C=O) groups excluding carboxylic acids is 2. The first-order valence-electron chi connectivity index (χ1n) is 7.93. The number of alkyl carbamates (subject to hydrolysis) is 1. The molecule has 6 nitrogen and oxygen atoms in total. The van der Waals surface area contributed by atoms with Gasteiger partial charge in [0.1, 0.15) is 0 Å². The molecule has 0 spiro atoms. The molecule has 1 aromatic heterocycles. The van der Waals surface area contributed by atoms with Crippen LogP contribution in [0.4, 0.5) is 4.79 Å². The van der Waals surface area contributed by atoms with Gasteiger partial charge in [-0.3, -0.25) is 9.78 Å². The number of amides is 2. The van der Waals surface area contributed by atoms with E-state index in [1.165, 1.54) is 0 Å². The summed E-state index contributed by atoms with van der Waals surface area (Å²) in [6.07, 6.45) is -0.493. The highest BCUT2D eigenvalue weighted by Crippen LogP contribution is 2.22. The van der Waals surface area contributed by atoms with Crippen LogP contribution in [0.2, 0.25) is 0 Å². The number of hydrogen-bond acceptors (Lipinski definition) is 4. The molecule has 0 atom stereocenters. The van der Waals surface area contributed by atoms with Crippen molar-refractivity contribution < 1.29 is 14.3 Å². The topological polar surface area (TPSA) is 80.3 Å². The van der Waals surface area contributed by atoms with Gasteiger partial charge >= 0.3 is 6.09 Å². The van der Waals surface area contributed by atoms with Gasteiger partial charge in [0.25, 0.3) is 5.91 Å². The van der Waals surface area contributed by atoms with Gasteiger partial charge in [0.05, 0.1) is 23.6 Å². The molecular weight excluding hydrogens is 386 g/mol. The van der Waals surface area contributed by atoms with Crippen LogP contribution in [0.5, 0.6) is 0 Å². The molecule has 1 aromatic carbocycles. The molecule has 0 radical (unpaired) electrons. The van der Waals surface area contributed by atoms with Gasteiger partial charge in [-0.25, -0.2) is 4.79 Å². The fraction of sp³-hybridized carbons (Fsp3) is 0.278. The van der Waals surface area contributed by atoms with Crippen LogP contribution in [-0.2, 0) is 4.74 Å². The fourth-order valence-corrected chi connectivity index (χ4v) is 2.63. The Morgan fingerprint density at radius 2 is 1.92 bits per heavy atom. The highest BCUT2D eigenvalue weighted by atomic mass is 79.9. The average molecular weight is 406 g/mol. The summed E-state index contributed by atoms with van der Waals surface area (Å²) in [6, 6.07) is 11.4. The average Bonchev–Trinajstić information content (AvgIpc) is 2.58. The minimum atomic E-state index is -0.493. The molecule has 0 bridgehead atoms. The number of halogens is 1. The predicted octanol–water partition coefficient (Wildman–Crippen LogP) is 3.30. The normalized spacial score (nSPS) is 10.2. The number of nitrogens with one attached hydrogen (secondary N) is 2. The van der Waals surface area contributed by atoms with E-state index in [0.29, 0.717) is 31.0 Å². The van der Waals surface area contributed by atoms with Gasteiger partial charge in [-0.2, -0.15) is 0 Å². The summed E-state index contributed by atoms with van der Waals surface area (Å²) in [5.41, 5.74) is 2.94. The minimum absolute atomic E-state index is 0.226. The molecule has 132 valence electrons. The van der Waals surface area contributed by atoms with E-state index in [0.717, 1.165) is 15.7 Å². The number of pyridine rings is 1. The molecule has 2 rings (SSSR count). The molecule has 0 aliphatic carbocycles. The Labute approximate surface area is 155 Å². The van der Waals surface area contributed by atoms with Crippen LogP contribution in [0.3, 0.4) is 0 Å². The third-order valence-corrected chi connectivity index (χ3v) is 3.90. The van der Waals surface area contributed by atoms with Crippen molar-refractivity contribution in [3.63, 3.8) is 0 Å². The van der Waals surface area contributed by atoms with E-state index in [1.54, 1.807) is 19.9 Å². The van der Waals surface area contributed by atoms with Crippen LogP contribution in [0.25, 0.3) is 11.3 Å². The van der Waals surface area contributed by atoms with Gasteiger partial charge in [-0.15, -0.1) is 0 Å². The molecule has 0 saturated heterocycles. The summed E-state index contributed by atoms with van der Waals surface area (Å²) >= 11 is 3.44. The van der Waals surface area contributed by atoms with E-state index in [4.69, 9.17) is 4.74 Å². The molecule has 0 aliphatic rings. The van der Waals surface area contributed by atoms with Crippen molar-refractivity contribution in [1.29, 1.82) is 0 Å². The molecule has 0 aliphatic heterocycles. The first-order valence-corrected chi connectivity index (χ1v) is 8.73. The molecule has 0 fully saturated rings. The van der Waals surface area contributed by atoms with Gasteiger partial charge in [0, 0.05) is 23.1 Å². The molecule has 1 heterocycles. The third kappa shape index (κ3) is 5.56. The van der Waals surface area contributed by atoms with E-state index in [9.17, 15) is 9.59 Å². The number of hydrogen-bond donors (Lipinski definition) is 2. The Morgan fingerprint density at radius 3 is 2.60 bits per heavy atom. The maximum absolute atomic E-state index is 12.2. The molecule has 0 saturated carbocycles. The van der Waals surface area contributed by atoms with Gasteiger partial charge < -0.3 is 15.4 Å². The Morgan fingerprint density at radius 1 is 1.16 bits per heavy atom. The summed E-state index contributed by atoms with van der Waals surface area (Å²) in [4.78, 5) is 27.9. The molecule has 2 N–H and O–H groups in total. The van der Waals surface area contributed by atoms with Crippen LogP contribution in [0, 0.1) is 6.92 Å². The van der Waals surface area contributed by atoms with E-state index < -0.39 is 6.09 Å². The Hall–Kier alpha value is -2.41. The zero-order valence-corrected chi connectivity index (χ0v) is 15.7. The van der Waals surface area contributed by atoms with Gasteiger partial charge in [-0.05, 0) is 38.1 Å². The van der Waals surface area contributed by atoms with E-state index in [1.807, 2.05) is 30.3 Å². The number of carbonyl (C=O) groups is 2.